The smallest absolute Gasteiger partial charge is 0.123 e. The van der Waals surface area contributed by atoms with Gasteiger partial charge in [0.1, 0.15) is 5.01 Å². The Morgan fingerprint density at radius 3 is 2.61 bits per heavy atom. The summed E-state index contributed by atoms with van der Waals surface area (Å²) in [5.74, 6) is 1.10. The molecule has 2 N–H and O–H groups in total. The minimum atomic E-state index is 0.0601. The Hall–Kier alpha value is -0.840. The van der Waals surface area contributed by atoms with E-state index >= 15 is 0 Å². The van der Waals surface area contributed by atoms with Crippen molar-refractivity contribution in [3.63, 3.8) is 0 Å². The molecule has 0 aliphatic carbocycles. The Labute approximate surface area is 117 Å². The lowest BCUT2D eigenvalue weighted by Crippen LogP contribution is -2.08. The number of benzene rings is 1. The molecule has 1 aromatic carbocycles. The third-order valence-electron chi connectivity index (χ3n) is 2.75. The topological polar surface area (TPSA) is 38.9 Å². The Bertz CT molecular complexity index is 491. The number of hydrogen-bond acceptors (Lipinski definition) is 4. The fourth-order valence-corrected chi connectivity index (χ4v) is 3.21. The molecule has 0 saturated carbocycles. The van der Waals surface area contributed by atoms with Crippen LogP contribution in [-0.2, 0) is 0 Å². The first-order valence-electron chi connectivity index (χ1n) is 6.18. The molecule has 0 fully saturated rings. The van der Waals surface area contributed by atoms with Crippen molar-refractivity contribution in [2.75, 3.05) is 5.75 Å². The highest BCUT2D eigenvalue weighted by atomic mass is 32.2. The van der Waals surface area contributed by atoms with Gasteiger partial charge in [0, 0.05) is 21.9 Å². The normalized spacial score (nSPS) is 12.6. The van der Waals surface area contributed by atoms with Crippen LogP contribution in [0.15, 0.2) is 34.5 Å². The summed E-state index contributed by atoms with van der Waals surface area (Å²) in [6.07, 6.45) is 0.926. The average molecular weight is 278 g/mol. The molecule has 0 aliphatic rings. The summed E-state index contributed by atoms with van der Waals surface area (Å²) in [5, 5.41) is 3.13. The van der Waals surface area contributed by atoms with Crippen molar-refractivity contribution >= 4 is 23.1 Å². The molecule has 0 amide bonds. The van der Waals surface area contributed by atoms with Gasteiger partial charge in [-0.2, -0.15) is 0 Å². The van der Waals surface area contributed by atoms with Crippen molar-refractivity contribution in [1.82, 2.24) is 4.98 Å². The van der Waals surface area contributed by atoms with E-state index in [1.807, 2.05) is 11.8 Å². The highest BCUT2D eigenvalue weighted by Crippen LogP contribution is 2.28. The number of thiazole rings is 1. The minimum Gasteiger partial charge on any atom is -0.323 e. The van der Waals surface area contributed by atoms with Gasteiger partial charge < -0.3 is 5.73 Å². The second-order valence-corrected chi connectivity index (χ2v) is 6.25. The van der Waals surface area contributed by atoms with Crippen LogP contribution in [0, 0.1) is 0 Å². The fraction of sp³-hybridized carbons (Fsp3) is 0.357. The number of thioether (sulfide) groups is 1. The number of nitrogens with two attached hydrogens (primary N) is 1. The van der Waals surface area contributed by atoms with E-state index in [4.69, 9.17) is 5.73 Å². The standard InChI is InChI=1S/C14H18N2S2/c1-3-12(15)13-9-18-14(16-13)10-5-7-11(8-6-10)17-4-2/h5-9,12H,3-4,15H2,1-2H3. The van der Waals surface area contributed by atoms with Gasteiger partial charge in [-0.3, -0.25) is 0 Å². The predicted molar refractivity (Wildman–Crippen MR) is 81.2 cm³/mol. The first-order valence-corrected chi connectivity index (χ1v) is 8.05. The van der Waals surface area contributed by atoms with E-state index in [0.29, 0.717) is 0 Å². The molecule has 18 heavy (non-hydrogen) atoms. The molecule has 2 nitrogen and oxygen atoms in total. The van der Waals surface area contributed by atoms with Crippen LogP contribution in [0.4, 0.5) is 0 Å². The minimum absolute atomic E-state index is 0.0601. The number of hydrogen-bond donors (Lipinski definition) is 1. The van der Waals surface area contributed by atoms with Crippen molar-refractivity contribution in [3.8, 4) is 10.6 Å². The van der Waals surface area contributed by atoms with Crippen LogP contribution < -0.4 is 5.73 Å². The van der Waals surface area contributed by atoms with Gasteiger partial charge in [0.2, 0.25) is 0 Å². The summed E-state index contributed by atoms with van der Waals surface area (Å²) in [7, 11) is 0. The molecule has 0 aliphatic heterocycles. The van der Waals surface area contributed by atoms with Crippen LogP contribution in [0.3, 0.4) is 0 Å². The molecule has 0 bridgehead atoms. The Morgan fingerprint density at radius 1 is 1.28 bits per heavy atom. The van der Waals surface area contributed by atoms with Gasteiger partial charge in [-0.25, -0.2) is 4.98 Å². The Kier molecular flexibility index (Phi) is 4.80. The van der Waals surface area contributed by atoms with Gasteiger partial charge in [-0.1, -0.05) is 26.0 Å². The van der Waals surface area contributed by atoms with Gasteiger partial charge in [-0.05, 0) is 24.3 Å². The summed E-state index contributed by atoms with van der Waals surface area (Å²) < 4.78 is 0. The lowest BCUT2D eigenvalue weighted by atomic mass is 10.2. The lowest BCUT2D eigenvalue weighted by molar-refractivity contribution is 0.681. The maximum Gasteiger partial charge on any atom is 0.123 e. The van der Waals surface area contributed by atoms with Crippen molar-refractivity contribution in [2.24, 2.45) is 5.73 Å². The van der Waals surface area contributed by atoms with Crippen molar-refractivity contribution in [3.05, 3.63) is 35.3 Å². The van der Waals surface area contributed by atoms with E-state index in [1.165, 1.54) is 10.5 Å². The third-order valence-corrected chi connectivity index (χ3v) is 4.56. The van der Waals surface area contributed by atoms with Crippen molar-refractivity contribution in [1.29, 1.82) is 0 Å². The zero-order chi connectivity index (χ0) is 13.0. The molecule has 0 spiro atoms. The van der Waals surface area contributed by atoms with Crippen LogP contribution in [0.1, 0.15) is 32.0 Å². The zero-order valence-corrected chi connectivity index (χ0v) is 12.4. The molecular weight excluding hydrogens is 260 g/mol. The molecule has 96 valence electrons. The summed E-state index contributed by atoms with van der Waals surface area (Å²) in [6, 6.07) is 8.65. The zero-order valence-electron chi connectivity index (χ0n) is 10.7. The van der Waals surface area contributed by atoms with Gasteiger partial charge in [-0.15, -0.1) is 23.1 Å². The molecule has 0 saturated heterocycles. The van der Waals surface area contributed by atoms with E-state index in [2.05, 4.69) is 48.5 Å². The summed E-state index contributed by atoms with van der Waals surface area (Å²) in [4.78, 5) is 5.92. The molecule has 1 atom stereocenters. The van der Waals surface area contributed by atoms with Crippen molar-refractivity contribution in [2.45, 2.75) is 31.2 Å². The van der Waals surface area contributed by atoms with E-state index in [0.717, 1.165) is 22.9 Å². The van der Waals surface area contributed by atoms with Crippen LogP contribution in [0.2, 0.25) is 0 Å². The van der Waals surface area contributed by atoms with Gasteiger partial charge in [0.05, 0.1) is 5.69 Å². The fourth-order valence-electron chi connectivity index (χ4n) is 1.66. The van der Waals surface area contributed by atoms with Crippen LogP contribution >= 0.6 is 23.1 Å². The van der Waals surface area contributed by atoms with Gasteiger partial charge in [0.15, 0.2) is 0 Å². The van der Waals surface area contributed by atoms with Gasteiger partial charge >= 0.3 is 0 Å². The number of nitrogens with zero attached hydrogens (tertiary/aromatic N) is 1. The van der Waals surface area contributed by atoms with Crippen LogP contribution in [0.25, 0.3) is 10.6 Å². The lowest BCUT2D eigenvalue weighted by Gasteiger charge is -2.03. The quantitative estimate of drug-likeness (QED) is 0.827. The molecule has 2 aromatic rings. The van der Waals surface area contributed by atoms with E-state index in [1.54, 1.807) is 11.3 Å². The first-order chi connectivity index (χ1) is 8.74. The Morgan fingerprint density at radius 2 is 2.00 bits per heavy atom. The van der Waals surface area contributed by atoms with E-state index in [-0.39, 0.29) is 6.04 Å². The van der Waals surface area contributed by atoms with E-state index < -0.39 is 0 Å². The SMILES string of the molecule is CCSc1ccc(-c2nc(C(N)CC)cs2)cc1. The highest BCUT2D eigenvalue weighted by Gasteiger charge is 2.09. The maximum absolute atomic E-state index is 5.99. The third kappa shape index (κ3) is 3.13. The summed E-state index contributed by atoms with van der Waals surface area (Å²) >= 11 is 3.52. The molecule has 1 aromatic heterocycles. The molecular formula is C14H18N2S2. The van der Waals surface area contributed by atoms with Crippen LogP contribution in [0.5, 0.6) is 0 Å². The molecule has 4 heteroatoms. The van der Waals surface area contributed by atoms with E-state index in [9.17, 15) is 0 Å². The summed E-state index contributed by atoms with van der Waals surface area (Å²) in [6.45, 7) is 4.25. The second-order valence-electron chi connectivity index (χ2n) is 4.05. The van der Waals surface area contributed by atoms with Crippen molar-refractivity contribution < 1.29 is 0 Å². The molecule has 2 rings (SSSR count). The Balaban J connectivity index is 2.18. The second kappa shape index (κ2) is 6.36. The number of rotatable bonds is 5. The molecule has 1 unspecified atom stereocenters. The number of aromatic nitrogens is 1. The first kappa shape index (κ1) is 13.6. The van der Waals surface area contributed by atoms with Gasteiger partial charge in [0.25, 0.3) is 0 Å². The van der Waals surface area contributed by atoms with Crippen LogP contribution in [-0.4, -0.2) is 10.7 Å². The summed E-state index contributed by atoms with van der Waals surface area (Å²) in [5.41, 5.74) is 8.17. The maximum atomic E-state index is 5.99. The monoisotopic (exact) mass is 278 g/mol. The highest BCUT2D eigenvalue weighted by molar-refractivity contribution is 7.99. The molecule has 1 heterocycles. The average Bonchev–Trinajstić information content (AvgIpc) is 2.89. The predicted octanol–water partition coefficient (Wildman–Crippen LogP) is 4.33. The largest absolute Gasteiger partial charge is 0.323 e. The molecule has 0 radical (unpaired) electrons.